The molecule has 0 aromatic rings. The second-order valence-electron chi connectivity index (χ2n) is 4.30. The van der Waals surface area contributed by atoms with Crippen LogP contribution >= 0.6 is 11.8 Å². The molecule has 0 saturated heterocycles. The van der Waals surface area contributed by atoms with Crippen molar-refractivity contribution >= 4 is 11.8 Å². The molecule has 3 N–H and O–H groups in total. The van der Waals surface area contributed by atoms with Crippen LogP contribution in [0.3, 0.4) is 0 Å². The van der Waals surface area contributed by atoms with Crippen LogP contribution in [0.5, 0.6) is 0 Å². The Morgan fingerprint density at radius 1 is 1.38 bits per heavy atom. The van der Waals surface area contributed by atoms with Gasteiger partial charge < -0.3 is 10.8 Å². The summed E-state index contributed by atoms with van der Waals surface area (Å²) in [5, 5.41) is 10.7. The van der Waals surface area contributed by atoms with Crippen LogP contribution in [-0.2, 0) is 0 Å². The number of aliphatic hydroxyl groups is 1. The van der Waals surface area contributed by atoms with E-state index in [1.165, 1.54) is 0 Å². The van der Waals surface area contributed by atoms with Crippen molar-refractivity contribution in [3.05, 3.63) is 0 Å². The average molecular weight is 203 g/mol. The number of hydrogen-bond donors (Lipinski definition) is 2. The summed E-state index contributed by atoms with van der Waals surface area (Å²) in [5.41, 5.74) is 5.44. The van der Waals surface area contributed by atoms with Crippen molar-refractivity contribution in [1.82, 2.24) is 0 Å². The molecule has 1 aliphatic carbocycles. The first-order valence-corrected chi connectivity index (χ1v) is 6.19. The second-order valence-corrected chi connectivity index (χ2v) is 5.91. The molecule has 0 unspecified atom stereocenters. The molecule has 2 nitrogen and oxygen atoms in total. The van der Waals surface area contributed by atoms with E-state index < -0.39 is 5.60 Å². The average Bonchev–Trinajstić information content (AvgIpc) is 2.49. The van der Waals surface area contributed by atoms with Crippen LogP contribution in [0, 0.1) is 0 Å². The number of nitrogens with two attached hydrogens (primary N) is 1. The van der Waals surface area contributed by atoms with Crippen molar-refractivity contribution in [2.75, 3.05) is 5.75 Å². The van der Waals surface area contributed by atoms with Crippen molar-refractivity contribution in [2.24, 2.45) is 5.73 Å². The van der Waals surface area contributed by atoms with Gasteiger partial charge in [-0.1, -0.05) is 26.7 Å². The van der Waals surface area contributed by atoms with E-state index in [4.69, 9.17) is 5.73 Å². The molecular weight excluding hydrogens is 182 g/mol. The Morgan fingerprint density at radius 2 is 1.92 bits per heavy atom. The van der Waals surface area contributed by atoms with Crippen molar-refractivity contribution in [1.29, 1.82) is 0 Å². The molecule has 78 valence electrons. The van der Waals surface area contributed by atoms with Crippen LogP contribution in [0.2, 0.25) is 0 Å². The molecule has 0 aromatic heterocycles. The molecule has 1 rings (SSSR count). The second kappa shape index (κ2) is 4.67. The maximum atomic E-state index is 10.1. The Labute approximate surface area is 85.3 Å². The third-order valence-corrected chi connectivity index (χ3v) is 3.99. The lowest BCUT2D eigenvalue weighted by Crippen LogP contribution is -2.47. The quantitative estimate of drug-likeness (QED) is 0.732. The van der Waals surface area contributed by atoms with E-state index in [0.29, 0.717) is 5.25 Å². The zero-order chi connectivity index (χ0) is 9.90. The van der Waals surface area contributed by atoms with Gasteiger partial charge in [0.2, 0.25) is 0 Å². The van der Waals surface area contributed by atoms with E-state index in [1.807, 2.05) is 11.8 Å². The van der Waals surface area contributed by atoms with Gasteiger partial charge in [0.25, 0.3) is 0 Å². The number of hydrogen-bond acceptors (Lipinski definition) is 3. The highest BCUT2D eigenvalue weighted by atomic mass is 32.2. The SMILES string of the molecule is CC(C)SC[C@H](N)C1(O)CCCC1. The highest BCUT2D eigenvalue weighted by Gasteiger charge is 2.36. The molecule has 3 heteroatoms. The fourth-order valence-corrected chi connectivity index (χ4v) is 2.71. The minimum atomic E-state index is -0.554. The minimum absolute atomic E-state index is 0.0394. The fraction of sp³-hybridized carbons (Fsp3) is 1.00. The largest absolute Gasteiger partial charge is 0.388 e. The number of rotatable bonds is 4. The highest BCUT2D eigenvalue weighted by molar-refractivity contribution is 7.99. The zero-order valence-corrected chi connectivity index (χ0v) is 9.44. The normalized spacial score (nSPS) is 23.8. The Hall–Kier alpha value is 0.270. The van der Waals surface area contributed by atoms with Crippen LogP contribution in [-0.4, -0.2) is 27.8 Å². The summed E-state index contributed by atoms with van der Waals surface area (Å²) in [6.07, 6.45) is 4.06. The third kappa shape index (κ3) is 3.15. The Kier molecular flexibility index (Phi) is 4.07. The summed E-state index contributed by atoms with van der Waals surface area (Å²) in [5.74, 6) is 0.883. The lowest BCUT2D eigenvalue weighted by molar-refractivity contribution is 0.0281. The molecule has 0 bridgehead atoms. The molecule has 1 fully saturated rings. The monoisotopic (exact) mass is 203 g/mol. The maximum Gasteiger partial charge on any atom is 0.0806 e. The van der Waals surface area contributed by atoms with Gasteiger partial charge in [-0.2, -0.15) is 11.8 Å². The molecule has 0 amide bonds. The Bertz CT molecular complexity index is 155. The highest BCUT2D eigenvalue weighted by Crippen LogP contribution is 2.33. The Balaban J connectivity index is 2.33. The van der Waals surface area contributed by atoms with Gasteiger partial charge in [-0.05, 0) is 18.1 Å². The lowest BCUT2D eigenvalue weighted by Gasteiger charge is -2.29. The van der Waals surface area contributed by atoms with Crippen LogP contribution in [0.25, 0.3) is 0 Å². The van der Waals surface area contributed by atoms with Crippen molar-refractivity contribution in [3.63, 3.8) is 0 Å². The summed E-state index contributed by atoms with van der Waals surface area (Å²) in [6.45, 7) is 4.33. The molecule has 0 aliphatic heterocycles. The molecule has 13 heavy (non-hydrogen) atoms. The fourth-order valence-electron chi connectivity index (χ4n) is 1.81. The van der Waals surface area contributed by atoms with E-state index in [2.05, 4.69) is 13.8 Å². The van der Waals surface area contributed by atoms with Crippen LogP contribution in [0.1, 0.15) is 39.5 Å². The molecule has 0 radical (unpaired) electrons. The maximum absolute atomic E-state index is 10.1. The lowest BCUT2D eigenvalue weighted by atomic mass is 9.94. The van der Waals surface area contributed by atoms with Crippen molar-refractivity contribution < 1.29 is 5.11 Å². The van der Waals surface area contributed by atoms with Crippen LogP contribution < -0.4 is 5.73 Å². The molecular formula is C10H21NOS. The van der Waals surface area contributed by atoms with Crippen LogP contribution in [0.4, 0.5) is 0 Å². The topological polar surface area (TPSA) is 46.2 Å². The van der Waals surface area contributed by atoms with Gasteiger partial charge in [0.1, 0.15) is 0 Å². The van der Waals surface area contributed by atoms with Gasteiger partial charge >= 0.3 is 0 Å². The van der Waals surface area contributed by atoms with Crippen molar-refractivity contribution in [2.45, 2.75) is 56.4 Å². The van der Waals surface area contributed by atoms with Gasteiger partial charge in [-0.15, -0.1) is 0 Å². The van der Waals surface area contributed by atoms with Gasteiger partial charge in [0, 0.05) is 11.8 Å². The van der Waals surface area contributed by atoms with Gasteiger partial charge in [-0.25, -0.2) is 0 Å². The standard InChI is InChI=1S/C10H21NOS/c1-8(2)13-7-9(11)10(12)5-3-4-6-10/h8-9,12H,3-7,11H2,1-2H3/t9-/m0/s1. The predicted molar refractivity (Wildman–Crippen MR) is 59.0 cm³/mol. The van der Waals surface area contributed by atoms with Gasteiger partial charge in [0.15, 0.2) is 0 Å². The van der Waals surface area contributed by atoms with E-state index in [9.17, 15) is 5.11 Å². The molecule has 0 aromatic carbocycles. The smallest absolute Gasteiger partial charge is 0.0806 e. The van der Waals surface area contributed by atoms with E-state index in [0.717, 1.165) is 31.4 Å². The Morgan fingerprint density at radius 3 is 2.38 bits per heavy atom. The van der Waals surface area contributed by atoms with Crippen molar-refractivity contribution in [3.8, 4) is 0 Å². The van der Waals surface area contributed by atoms with E-state index >= 15 is 0 Å². The molecule has 0 heterocycles. The van der Waals surface area contributed by atoms with E-state index in [-0.39, 0.29) is 6.04 Å². The molecule has 1 saturated carbocycles. The number of thioether (sulfide) groups is 1. The van der Waals surface area contributed by atoms with Gasteiger partial charge in [-0.3, -0.25) is 0 Å². The summed E-state index contributed by atoms with van der Waals surface area (Å²) in [7, 11) is 0. The predicted octanol–water partition coefficient (Wildman–Crippen LogP) is 1.76. The molecule has 1 aliphatic rings. The summed E-state index contributed by atoms with van der Waals surface area (Å²) < 4.78 is 0. The zero-order valence-electron chi connectivity index (χ0n) is 8.62. The van der Waals surface area contributed by atoms with Crippen LogP contribution in [0.15, 0.2) is 0 Å². The first-order valence-electron chi connectivity index (χ1n) is 5.14. The third-order valence-electron chi connectivity index (χ3n) is 2.77. The molecule has 0 spiro atoms. The first kappa shape index (κ1) is 11.3. The van der Waals surface area contributed by atoms with E-state index in [1.54, 1.807) is 0 Å². The van der Waals surface area contributed by atoms with Gasteiger partial charge in [0.05, 0.1) is 5.60 Å². The minimum Gasteiger partial charge on any atom is -0.388 e. The summed E-state index contributed by atoms with van der Waals surface area (Å²) in [4.78, 5) is 0. The molecule has 1 atom stereocenters. The summed E-state index contributed by atoms with van der Waals surface area (Å²) >= 11 is 1.84. The first-order chi connectivity index (χ1) is 6.04. The summed E-state index contributed by atoms with van der Waals surface area (Å²) in [6, 6.07) is -0.0394.